The molecule has 0 saturated carbocycles. The fourth-order valence-electron chi connectivity index (χ4n) is 4.42. The predicted octanol–water partition coefficient (Wildman–Crippen LogP) is 4.59. The van der Waals surface area contributed by atoms with Gasteiger partial charge in [-0.25, -0.2) is 0 Å². The number of carbonyl (C=O) groups excluding carboxylic acids is 1. The average molecular weight is 507 g/mol. The second-order valence-electron chi connectivity index (χ2n) is 8.13. The Balaban J connectivity index is 2.10. The molecule has 0 amide bonds. The van der Waals surface area contributed by atoms with Crippen molar-refractivity contribution < 1.29 is 38.4 Å². The number of ether oxygens (including phenoxy) is 4. The fourth-order valence-corrected chi connectivity index (χ4v) is 4.42. The standard InChI is InChI=1S/C28H26O9/c1-33-21-11-10-16(26(35-3)27(21)36-4)17(12-23(32)34-2)24-18(29)13-19(30)25-20(31)14-22(37-28(24)25)15-8-6-5-7-9-15/h5-11,13-14,17,29-30H,12H2,1-4H3/t17-/m1/s1. The van der Waals surface area contributed by atoms with Crippen LogP contribution in [0.5, 0.6) is 28.7 Å². The van der Waals surface area contributed by atoms with Gasteiger partial charge in [0.05, 0.1) is 34.9 Å². The number of benzene rings is 3. The number of phenolic OH excluding ortho intramolecular Hbond substituents is 2. The lowest BCUT2D eigenvalue weighted by atomic mass is 9.85. The van der Waals surface area contributed by atoms with Crippen LogP contribution in [-0.4, -0.2) is 44.6 Å². The summed E-state index contributed by atoms with van der Waals surface area (Å²) < 4.78 is 27.6. The van der Waals surface area contributed by atoms with E-state index in [1.807, 2.05) is 6.07 Å². The molecule has 4 rings (SSSR count). The first-order valence-electron chi connectivity index (χ1n) is 11.3. The molecule has 1 aromatic heterocycles. The van der Waals surface area contributed by atoms with Crippen molar-refractivity contribution in [2.75, 3.05) is 28.4 Å². The number of methoxy groups -OCH3 is 4. The summed E-state index contributed by atoms with van der Waals surface area (Å²) >= 11 is 0. The SMILES string of the molecule is COC(=O)C[C@H](c1ccc(OC)c(OC)c1OC)c1c(O)cc(O)c2c(=O)cc(-c3ccccc3)oc12. The van der Waals surface area contributed by atoms with E-state index in [1.165, 1.54) is 34.5 Å². The maximum absolute atomic E-state index is 13.1. The van der Waals surface area contributed by atoms with Crippen molar-refractivity contribution in [2.45, 2.75) is 12.3 Å². The van der Waals surface area contributed by atoms with E-state index in [0.29, 0.717) is 16.9 Å². The van der Waals surface area contributed by atoms with Gasteiger partial charge in [-0.3, -0.25) is 9.59 Å². The number of fused-ring (bicyclic) bond motifs is 1. The number of hydrogen-bond donors (Lipinski definition) is 2. The van der Waals surface area contributed by atoms with Crippen LogP contribution in [0.15, 0.2) is 63.8 Å². The summed E-state index contributed by atoms with van der Waals surface area (Å²) in [5.41, 5.74) is 0.548. The maximum Gasteiger partial charge on any atom is 0.306 e. The van der Waals surface area contributed by atoms with Crippen molar-refractivity contribution in [3.8, 4) is 40.1 Å². The molecule has 0 saturated heterocycles. The third-order valence-corrected chi connectivity index (χ3v) is 6.11. The average Bonchev–Trinajstić information content (AvgIpc) is 2.91. The number of aromatic hydroxyl groups is 2. The van der Waals surface area contributed by atoms with Gasteiger partial charge in [-0.05, 0) is 6.07 Å². The number of carbonyl (C=O) groups is 1. The van der Waals surface area contributed by atoms with E-state index in [-0.39, 0.29) is 46.0 Å². The summed E-state index contributed by atoms with van der Waals surface area (Å²) in [6.07, 6.45) is -0.255. The molecule has 0 radical (unpaired) electrons. The minimum Gasteiger partial charge on any atom is -0.507 e. The summed E-state index contributed by atoms with van der Waals surface area (Å²) in [5.74, 6) is -1.24. The molecule has 0 unspecified atom stereocenters. The van der Waals surface area contributed by atoms with Gasteiger partial charge >= 0.3 is 5.97 Å². The highest BCUT2D eigenvalue weighted by Crippen LogP contribution is 2.49. The van der Waals surface area contributed by atoms with Crippen LogP contribution in [0.3, 0.4) is 0 Å². The van der Waals surface area contributed by atoms with Crippen molar-refractivity contribution in [3.63, 3.8) is 0 Å². The maximum atomic E-state index is 13.1. The normalized spacial score (nSPS) is 11.7. The largest absolute Gasteiger partial charge is 0.507 e. The van der Waals surface area contributed by atoms with Crippen molar-refractivity contribution in [1.82, 2.24) is 0 Å². The summed E-state index contributed by atoms with van der Waals surface area (Å²) in [6, 6.07) is 14.5. The molecule has 37 heavy (non-hydrogen) atoms. The zero-order chi connectivity index (χ0) is 26.7. The van der Waals surface area contributed by atoms with Gasteiger partial charge in [0.1, 0.15) is 28.2 Å². The summed E-state index contributed by atoms with van der Waals surface area (Å²) in [7, 11) is 5.59. The van der Waals surface area contributed by atoms with Gasteiger partial charge in [-0.2, -0.15) is 0 Å². The van der Waals surface area contributed by atoms with Crippen LogP contribution in [-0.2, 0) is 9.53 Å². The molecule has 9 heteroatoms. The Bertz CT molecular complexity index is 1510. The van der Waals surface area contributed by atoms with Crippen LogP contribution in [0, 0.1) is 0 Å². The van der Waals surface area contributed by atoms with E-state index < -0.39 is 23.1 Å². The number of phenols is 2. The molecule has 3 aromatic carbocycles. The second-order valence-corrected chi connectivity index (χ2v) is 8.13. The van der Waals surface area contributed by atoms with Crippen molar-refractivity contribution >= 4 is 16.9 Å². The lowest BCUT2D eigenvalue weighted by molar-refractivity contribution is -0.140. The van der Waals surface area contributed by atoms with Gasteiger partial charge in [-0.1, -0.05) is 36.4 Å². The van der Waals surface area contributed by atoms with Crippen LogP contribution >= 0.6 is 0 Å². The van der Waals surface area contributed by atoms with Gasteiger partial charge in [0.2, 0.25) is 5.75 Å². The highest BCUT2D eigenvalue weighted by atomic mass is 16.5. The van der Waals surface area contributed by atoms with Gasteiger partial charge in [0, 0.05) is 34.7 Å². The van der Waals surface area contributed by atoms with Crippen LogP contribution in [0.4, 0.5) is 0 Å². The van der Waals surface area contributed by atoms with E-state index in [1.54, 1.807) is 36.4 Å². The molecule has 9 nitrogen and oxygen atoms in total. The molecule has 0 fully saturated rings. The molecule has 2 N–H and O–H groups in total. The molecular weight excluding hydrogens is 480 g/mol. The van der Waals surface area contributed by atoms with E-state index in [4.69, 9.17) is 23.4 Å². The molecule has 0 spiro atoms. The van der Waals surface area contributed by atoms with Crippen molar-refractivity contribution in [3.05, 3.63) is 75.9 Å². The van der Waals surface area contributed by atoms with Crippen LogP contribution in [0.2, 0.25) is 0 Å². The number of hydrogen-bond acceptors (Lipinski definition) is 9. The van der Waals surface area contributed by atoms with Crippen molar-refractivity contribution in [1.29, 1.82) is 0 Å². The zero-order valence-corrected chi connectivity index (χ0v) is 20.7. The molecular formula is C28H26O9. The molecule has 0 aliphatic heterocycles. The Labute approximate surface area is 212 Å². The van der Waals surface area contributed by atoms with Gasteiger partial charge in [0.25, 0.3) is 0 Å². The van der Waals surface area contributed by atoms with Gasteiger partial charge < -0.3 is 33.6 Å². The molecule has 0 aliphatic carbocycles. The Morgan fingerprint density at radius 3 is 2.22 bits per heavy atom. The van der Waals surface area contributed by atoms with E-state index in [2.05, 4.69) is 0 Å². The Morgan fingerprint density at radius 1 is 0.892 bits per heavy atom. The molecule has 4 aromatic rings. The summed E-state index contributed by atoms with van der Waals surface area (Å²) in [5, 5.41) is 21.5. The molecule has 1 heterocycles. The van der Waals surface area contributed by atoms with E-state index >= 15 is 0 Å². The highest BCUT2D eigenvalue weighted by molar-refractivity contribution is 5.91. The Morgan fingerprint density at radius 2 is 1.59 bits per heavy atom. The smallest absolute Gasteiger partial charge is 0.306 e. The van der Waals surface area contributed by atoms with E-state index in [9.17, 15) is 19.8 Å². The van der Waals surface area contributed by atoms with Gasteiger partial charge in [-0.15, -0.1) is 0 Å². The summed E-state index contributed by atoms with van der Waals surface area (Å²) in [4.78, 5) is 25.7. The molecule has 192 valence electrons. The molecule has 0 aliphatic rings. The molecule has 0 bridgehead atoms. The van der Waals surface area contributed by atoms with Crippen LogP contribution in [0.1, 0.15) is 23.5 Å². The lowest BCUT2D eigenvalue weighted by Gasteiger charge is -2.23. The first-order chi connectivity index (χ1) is 17.8. The fraction of sp³-hybridized carbons (Fsp3) is 0.214. The summed E-state index contributed by atoms with van der Waals surface area (Å²) in [6.45, 7) is 0. The quantitative estimate of drug-likeness (QED) is 0.330. The number of esters is 1. The monoisotopic (exact) mass is 506 g/mol. The third kappa shape index (κ3) is 4.63. The Kier molecular flexibility index (Phi) is 7.24. The Hall–Kier alpha value is -4.66. The predicted molar refractivity (Wildman–Crippen MR) is 136 cm³/mol. The minimum absolute atomic E-state index is 0.0744. The van der Waals surface area contributed by atoms with Crippen molar-refractivity contribution in [2.24, 2.45) is 0 Å². The third-order valence-electron chi connectivity index (χ3n) is 6.11. The molecule has 1 atom stereocenters. The minimum atomic E-state index is -0.931. The van der Waals surface area contributed by atoms with Gasteiger partial charge in [0.15, 0.2) is 16.9 Å². The first-order valence-corrected chi connectivity index (χ1v) is 11.3. The zero-order valence-electron chi connectivity index (χ0n) is 20.7. The topological polar surface area (TPSA) is 125 Å². The number of rotatable bonds is 8. The lowest BCUT2D eigenvalue weighted by Crippen LogP contribution is -2.13. The first kappa shape index (κ1) is 25.4. The van der Waals surface area contributed by atoms with Crippen LogP contribution in [0.25, 0.3) is 22.3 Å². The van der Waals surface area contributed by atoms with E-state index in [0.717, 1.165) is 6.07 Å². The highest BCUT2D eigenvalue weighted by Gasteiger charge is 2.32. The van der Waals surface area contributed by atoms with Crippen LogP contribution < -0.4 is 19.6 Å². The second kappa shape index (κ2) is 10.5.